The molecule has 19 heavy (non-hydrogen) atoms. The van der Waals surface area contributed by atoms with Gasteiger partial charge in [-0.1, -0.05) is 25.1 Å². The molecule has 1 aromatic heterocycles. The summed E-state index contributed by atoms with van der Waals surface area (Å²) in [6.07, 6.45) is 1.16. The zero-order chi connectivity index (χ0) is 13.8. The van der Waals surface area contributed by atoms with Crippen LogP contribution in [0.15, 0.2) is 29.6 Å². The fraction of sp³-hybridized carbons (Fsp3) is 0.412. The summed E-state index contributed by atoms with van der Waals surface area (Å²) in [5.74, 6) is 0. The molecule has 2 heteroatoms. The van der Waals surface area contributed by atoms with E-state index in [1.807, 2.05) is 11.3 Å². The quantitative estimate of drug-likeness (QED) is 0.828. The molecule has 0 bridgehead atoms. The molecular formula is C17H23NS. The summed E-state index contributed by atoms with van der Waals surface area (Å²) in [5, 5.41) is 5.94. The standard InChI is InChI=1S/C17H23NS/c1-5-8-18-17(16-10-14(4)19-11-16)15-7-6-12(2)13(3)9-15/h6-7,9-11,17-18H,5,8H2,1-4H3. The summed E-state index contributed by atoms with van der Waals surface area (Å²) in [4.78, 5) is 1.38. The van der Waals surface area contributed by atoms with Crippen LogP contribution in [0, 0.1) is 20.8 Å². The van der Waals surface area contributed by atoms with Gasteiger partial charge in [0.05, 0.1) is 6.04 Å². The van der Waals surface area contributed by atoms with E-state index in [4.69, 9.17) is 0 Å². The summed E-state index contributed by atoms with van der Waals surface area (Å²) >= 11 is 1.83. The van der Waals surface area contributed by atoms with Crippen LogP contribution in [0.5, 0.6) is 0 Å². The van der Waals surface area contributed by atoms with E-state index >= 15 is 0 Å². The van der Waals surface area contributed by atoms with E-state index in [0.717, 1.165) is 13.0 Å². The Morgan fingerprint density at radius 3 is 2.42 bits per heavy atom. The zero-order valence-corrected chi connectivity index (χ0v) is 13.1. The summed E-state index contributed by atoms with van der Waals surface area (Å²) in [5.41, 5.74) is 5.49. The minimum Gasteiger partial charge on any atom is -0.306 e. The molecule has 1 atom stereocenters. The van der Waals surface area contributed by atoms with E-state index in [0.29, 0.717) is 6.04 Å². The van der Waals surface area contributed by atoms with E-state index in [9.17, 15) is 0 Å². The van der Waals surface area contributed by atoms with Gasteiger partial charge in [0.25, 0.3) is 0 Å². The highest BCUT2D eigenvalue weighted by Crippen LogP contribution is 2.27. The van der Waals surface area contributed by atoms with Crippen molar-refractivity contribution in [3.8, 4) is 0 Å². The largest absolute Gasteiger partial charge is 0.306 e. The summed E-state index contributed by atoms with van der Waals surface area (Å²) in [7, 11) is 0. The monoisotopic (exact) mass is 273 g/mol. The molecule has 2 rings (SSSR count). The maximum Gasteiger partial charge on any atom is 0.0585 e. The Balaban J connectivity index is 2.33. The Morgan fingerprint density at radius 1 is 1.05 bits per heavy atom. The Kier molecular flexibility index (Phi) is 4.78. The van der Waals surface area contributed by atoms with Crippen molar-refractivity contribution in [2.45, 2.75) is 40.2 Å². The second kappa shape index (κ2) is 6.36. The molecule has 1 aromatic carbocycles. The van der Waals surface area contributed by atoms with Gasteiger partial charge in [0.15, 0.2) is 0 Å². The van der Waals surface area contributed by atoms with Gasteiger partial charge in [0.2, 0.25) is 0 Å². The van der Waals surface area contributed by atoms with E-state index in [1.54, 1.807) is 0 Å². The van der Waals surface area contributed by atoms with Crippen molar-refractivity contribution in [3.63, 3.8) is 0 Å². The summed E-state index contributed by atoms with van der Waals surface area (Å²) in [6.45, 7) is 9.79. The molecule has 0 aliphatic rings. The van der Waals surface area contributed by atoms with Gasteiger partial charge < -0.3 is 5.32 Å². The Labute approximate surface area is 120 Å². The van der Waals surface area contributed by atoms with Crippen LogP contribution in [-0.4, -0.2) is 6.54 Å². The molecule has 1 N–H and O–H groups in total. The average molecular weight is 273 g/mol. The fourth-order valence-corrected chi connectivity index (χ4v) is 3.01. The first-order valence-corrected chi connectivity index (χ1v) is 7.85. The van der Waals surface area contributed by atoms with Crippen LogP contribution in [0.1, 0.15) is 46.5 Å². The third-order valence-corrected chi connectivity index (χ3v) is 4.43. The Hall–Kier alpha value is -1.12. The maximum absolute atomic E-state index is 3.67. The molecule has 1 nitrogen and oxygen atoms in total. The van der Waals surface area contributed by atoms with Gasteiger partial charge >= 0.3 is 0 Å². The first kappa shape index (κ1) is 14.3. The van der Waals surface area contributed by atoms with E-state index < -0.39 is 0 Å². The number of nitrogens with one attached hydrogen (secondary N) is 1. The number of hydrogen-bond acceptors (Lipinski definition) is 2. The fourth-order valence-electron chi connectivity index (χ4n) is 2.28. The van der Waals surface area contributed by atoms with E-state index in [-0.39, 0.29) is 0 Å². The molecular weight excluding hydrogens is 250 g/mol. The number of hydrogen-bond donors (Lipinski definition) is 1. The van der Waals surface area contributed by atoms with Crippen LogP contribution >= 0.6 is 11.3 Å². The summed E-state index contributed by atoms with van der Waals surface area (Å²) in [6, 6.07) is 9.42. The SMILES string of the molecule is CCCNC(c1csc(C)c1)c1ccc(C)c(C)c1. The highest BCUT2D eigenvalue weighted by molar-refractivity contribution is 7.10. The van der Waals surface area contributed by atoms with Crippen molar-refractivity contribution in [1.82, 2.24) is 5.32 Å². The zero-order valence-electron chi connectivity index (χ0n) is 12.3. The smallest absolute Gasteiger partial charge is 0.0585 e. The molecule has 1 heterocycles. The molecule has 0 radical (unpaired) electrons. The number of aryl methyl sites for hydroxylation is 3. The lowest BCUT2D eigenvalue weighted by molar-refractivity contribution is 0.599. The molecule has 1 unspecified atom stereocenters. The van der Waals surface area contributed by atoms with Crippen molar-refractivity contribution < 1.29 is 0 Å². The van der Waals surface area contributed by atoms with Crippen LogP contribution in [0.25, 0.3) is 0 Å². The molecule has 0 aliphatic carbocycles. The predicted molar refractivity (Wildman–Crippen MR) is 85.1 cm³/mol. The second-order valence-corrected chi connectivity index (χ2v) is 6.34. The molecule has 0 spiro atoms. The highest BCUT2D eigenvalue weighted by Gasteiger charge is 2.14. The van der Waals surface area contributed by atoms with E-state index in [2.05, 4.69) is 62.7 Å². The molecule has 0 saturated carbocycles. The van der Waals surface area contributed by atoms with Crippen LogP contribution < -0.4 is 5.32 Å². The van der Waals surface area contributed by atoms with Crippen LogP contribution in [-0.2, 0) is 0 Å². The van der Waals surface area contributed by atoms with Crippen molar-refractivity contribution in [1.29, 1.82) is 0 Å². The average Bonchev–Trinajstić information content (AvgIpc) is 2.80. The third kappa shape index (κ3) is 3.46. The normalized spacial score (nSPS) is 12.6. The van der Waals surface area contributed by atoms with Gasteiger partial charge in [0.1, 0.15) is 0 Å². The topological polar surface area (TPSA) is 12.0 Å². The van der Waals surface area contributed by atoms with Crippen molar-refractivity contribution in [2.75, 3.05) is 6.54 Å². The van der Waals surface area contributed by atoms with Gasteiger partial charge in [-0.15, -0.1) is 11.3 Å². The van der Waals surface area contributed by atoms with Gasteiger partial charge in [-0.05, 0) is 67.4 Å². The number of rotatable bonds is 5. The van der Waals surface area contributed by atoms with Gasteiger partial charge in [0, 0.05) is 4.88 Å². The molecule has 0 fully saturated rings. The first-order chi connectivity index (χ1) is 9.11. The Bertz CT molecular complexity index is 542. The lowest BCUT2D eigenvalue weighted by Gasteiger charge is -2.19. The maximum atomic E-state index is 3.67. The van der Waals surface area contributed by atoms with Gasteiger partial charge in [-0.2, -0.15) is 0 Å². The van der Waals surface area contributed by atoms with Crippen molar-refractivity contribution in [3.05, 3.63) is 56.8 Å². The number of benzene rings is 1. The first-order valence-electron chi connectivity index (χ1n) is 6.97. The Morgan fingerprint density at radius 2 is 1.84 bits per heavy atom. The molecule has 0 saturated heterocycles. The molecule has 0 aliphatic heterocycles. The minimum atomic E-state index is 0.323. The van der Waals surface area contributed by atoms with Gasteiger partial charge in [-0.3, -0.25) is 0 Å². The second-order valence-electron chi connectivity index (χ2n) is 5.22. The van der Waals surface area contributed by atoms with Gasteiger partial charge in [-0.25, -0.2) is 0 Å². The van der Waals surface area contributed by atoms with Crippen LogP contribution in [0.2, 0.25) is 0 Å². The summed E-state index contributed by atoms with van der Waals surface area (Å²) < 4.78 is 0. The lowest BCUT2D eigenvalue weighted by Crippen LogP contribution is -2.22. The molecule has 0 amide bonds. The van der Waals surface area contributed by atoms with Crippen LogP contribution in [0.3, 0.4) is 0 Å². The number of thiophene rings is 1. The molecule has 2 aromatic rings. The lowest BCUT2D eigenvalue weighted by atomic mass is 9.97. The van der Waals surface area contributed by atoms with E-state index in [1.165, 1.54) is 27.1 Å². The van der Waals surface area contributed by atoms with Crippen LogP contribution in [0.4, 0.5) is 0 Å². The molecule has 102 valence electrons. The van der Waals surface area contributed by atoms with Crippen molar-refractivity contribution in [2.24, 2.45) is 0 Å². The predicted octanol–water partition coefficient (Wildman–Crippen LogP) is 4.76. The van der Waals surface area contributed by atoms with Crippen molar-refractivity contribution >= 4 is 11.3 Å². The third-order valence-electron chi connectivity index (χ3n) is 3.55. The minimum absolute atomic E-state index is 0.323. The highest BCUT2D eigenvalue weighted by atomic mass is 32.1.